The van der Waals surface area contributed by atoms with Crippen LogP contribution in [-0.4, -0.2) is 60.6 Å². The molecular formula is C30H38N4O3. The van der Waals surface area contributed by atoms with Gasteiger partial charge < -0.3 is 14.4 Å². The van der Waals surface area contributed by atoms with Crippen molar-refractivity contribution < 1.29 is 14.3 Å². The summed E-state index contributed by atoms with van der Waals surface area (Å²) in [6.07, 6.45) is 12.3. The van der Waals surface area contributed by atoms with Crippen molar-refractivity contribution in [2.45, 2.75) is 39.2 Å². The first kappa shape index (κ1) is 26.5. The molecule has 0 bridgehead atoms. The first-order chi connectivity index (χ1) is 17.7. The summed E-state index contributed by atoms with van der Waals surface area (Å²) >= 11 is 0. The monoisotopic (exact) mass is 502 g/mol. The van der Waals surface area contributed by atoms with Crippen molar-refractivity contribution in [3.8, 4) is 0 Å². The van der Waals surface area contributed by atoms with Gasteiger partial charge in [0, 0.05) is 24.1 Å². The van der Waals surface area contributed by atoms with Gasteiger partial charge >= 0.3 is 0 Å². The van der Waals surface area contributed by atoms with Crippen molar-refractivity contribution in [3.63, 3.8) is 0 Å². The van der Waals surface area contributed by atoms with Crippen molar-refractivity contribution in [1.82, 2.24) is 15.3 Å². The number of hydrazine groups is 1. The van der Waals surface area contributed by atoms with Crippen LogP contribution in [0, 0.1) is 5.41 Å². The van der Waals surface area contributed by atoms with Gasteiger partial charge in [0.25, 0.3) is 5.91 Å². The van der Waals surface area contributed by atoms with Crippen LogP contribution in [0.3, 0.4) is 0 Å². The molecule has 3 aliphatic rings. The van der Waals surface area contributed by atoms with E-state index in [1.807, 2.05) is 48.2 Å². The highest BCUT2D eigenvalue weighted by Gasteiger charge is 2.49. The number of benzene rings is 1. The zero-order chi connectivity index (χ0) is 26.6. The van der Waals surface area contributed by atoms with E-state index in [1.165, 1.54) is 0 Å². The van der Waals surface area contributed by atoms with Crippen LogP contribution in [0.4, 0.5) is 5.69 Å². The number of amidine groups is 1. The van der Waals surface area contributed by atoms with Crippen LogP contribution in [0.25, 0.3) is 0 Å². The number of rotatable bonds is 6. The minimum atomic E-state index is -0.324. The highest BCUT2D eigenvalue weighted by Crippen LogP contribution is 2.47. The van der Waals surface area contributed by atoms with Crippen LogP contribution in [0.15, 0.2) is 89.8 Å². The number of hydrogen-bond donors (Lipinski definition) is 1. The molecule has 1 aromatic carbocycles. The Labute approximate surface area is 220 Å². The summed E-state index contributed by atoms with van der Waals surface area (Å²) in [5.74, 6) is 1.54. The Kier molecular flexibility index (Phi) is 7.73. The summed E-state index contributed by atoms with van der Waals surface area (Å²) in [4.78, 5) is 19.5. The fraction of sp³-hybridized carbons (Fsp3) is 0.400. The standard InChI is InChI=1S/C30H38N4O3/c1-22(2)27(31-25-11-9-24(10-12-25)28(35)33-18-20-37-21-19-33)32-34-23(3)8-7-15-30(34,5)29(4)16-13-26(36-6)14-17-29/h7-14,16H,1,3,15,17-21H2,2,4-6H3,(H,31,32). The molecule has 1 fully saturated rings. The van der Waals surface area contributed by atoms with Crippen LogP contribution < -0.4 is 5.43 Å². The SMILES string of the molecule is C=C(C)C(=Nc1ccc(C(=O)N2CCOCC2)cc1)NN1C(=C)C=CCC1(C)C1(C)C=CC(OC)=CC1. The molecule has 1 aliphatic carbocycles. The lowest BCUT2D eigenvalue weighted by molar-refractivity contribution is 0.0208. The van der Waals surface area contributed by atoms with Crippen molar-refractivity contribution in [2.24, 2.45) is 10.4 Å². The third-order valence-electron chi connectivity index (χ3n) is 7.69. The molecule has 2 atom stereocenters. The summed E-state index contributed by atoms with van der Waals surface area (Å²) < 4.78 is 10.8. The Morgan fingerprint density at radius 3 is 2.43 bits per heavy atom. The lowest BCUT2D eigenvalue weighted by Crippen LogP contribution is -2.62. The van der Waals surface area contributed by atoms with Gasteiger partial charge in [-0.15, -0.1) is 0 Å². The molecule has 196 valence electrons. The smallest absolute Gasteiger partial charge is 0.254 e. The van der Waals surface area contributed by atoms with Gasteiger partial charge in [-0.2, -0.15) is 0 Å². The summed E-state index contributed by atoms with van der Waals surface area (Å²) in [7, 11) is 1.69. The normalized spacial score (nSPS) is 26.1. The van der Waals surface area contributed by atoms with Gasteiger partial charge in [-0.3, -0.25) is 15.2 Å². The third kappa shape index (κ3) is 5.42. The van der Waals surface area contributed by atoms with Crippen LogP contribution >= 0.6 is 0 Å². The average molecular weight is 503 g/mol. The van der Waals surface area contributed by atoms with E-state index in [2.05, 4.69) is 55.7 Å². The number of allylic oxidation sites excluding steroid dienone is 3. The molecule has 2 unspecified atom stereocenters. The number of carbonyl (C=O) groups excluding carboxylic acids is 1. The summed E-state index contributed by atoms with van der Waals surface area (Å²) in [6, 6.07) is 7.38. The van der Waals surface area contributed by atoms with E-state index < -0.39 is 0 Å². The lowest BCUT2D eigenvalue weighted by atomic mass is 9.65. The lowest BCUT2D eigenvalue weighted by Gasteiger charge is -2.54. The number of amides is 1. The van der Waals surface area contributed by atoms with Crippen molar-refractivity contribution in [2.75, 3.05) is 33.4 Å². The van der Waals surface area contributed by atoms with E-state index in [0.717, 1.165) is 35.6 Å². The Morgan fingerprint density at radius 1 is 1.14 bits per heavy atom. The number of hydrogen-bond acceptors (Lipinski definition) is 5. The molecule has 1 aromatic rings. The molecule has 1 N–H and O–H groups in total. The Morgan fingerprint density at radius 2 is 1.84 bits per heavy atom. The highest BCUT2D eigenvalue weighted by molar-refractivity contribution is 5.99. The largest absolute Gasteiger partial charge is 0.497 e. The second kappa shape index (κ2) is 10.8. The Balaban J connectivity index is 1.57. The predicted octanol–water partition coefficient (Wildman–Crippen LogP) is 5.30. The molecule has 7 heteroatoms. The van der Waals surface area contributed by atoms with Gasteiger partial charge in [0.1, 0.15) is 11.6 Å². The van der Waals surface area contributed by atoms with E-state index in [1.54, 1.807) is 7.11 Å². The topological polar surface area (TPSA) is 66.4 Å². The zero-order valence-electron chi connectivity index (χ0n) is 22.4. The van der Waals surface area contributed by atoms with Gasteiger partial charge in [0.05, 0.1) is 37.2 Å². The molecule has 0 radical (unpaired) electrons. The maximum atomic E-state index is 12.8. The van der Waals surface area contributed by atoms with Gasteiger partial charge in [-0.25, -0.2) is 4.99 Å². The molecule has 0 spiro atoms. The third-order valence-corrected chi connectivity index (χ3v) is 7.69. The quantitative estimate of drug-likeness (QED) is 0.422. The summed E-state index contributed by atoms with van der Waals surface area (Å²) in [6.45, 7) is 17.3. The maximum Gasteiger partial charge on any atom is 0.254 e. The first-order valence-corrected chi connectivity index (χ1v) is 12.7. The van der Waals surface area contributed by atoms with Crippen molar-refractivity contribution >= 4 is 17.4 Å². The second-order valence-electron chi connectivity index (χ2n) is 10.3. The molecule has 4 rings (SSSR count). The van der Waals surface area contributed by atoms with E-state index in [-0.39, 0.29) is 16.9 Å². The summed E-state index contributed by atoms with van der Waals surface area (Å²) in [5, 5.41) is 2.12. The number of ether oxygens (including phenoxy) is 2. The maximum absolute atomic E-state index is 12.8. The number of morpholine rings is 1. The van der Waals surface area contributed by atoms with E-state index in [0.29, 0.717) is 37.7 Å². The molecule has 0 aromatic heterocycles. The van der Waals surface area contributed by atoms with Crippen LogP contribution in [0.1, 0.15) is 44.0 Å². The predicted molar refractivity (Wildman–Crippen MR) is 148 cm³/mol. The van der Waals surface area contributed by atoms with Crippen LogP contribution in [-0.2, 0) is 9.47 Å². The molecule has 1 saturated heterocycles. The molecule has 1 amide bonds. The van der Waals surface area contributed by atoms with Gasteiger partial charge in [0.2, 0.25) is 0 Å². The fourth-order valence-corrected chi connectivity index (χ4v) is 4.93. The van der Waals surface area contributed by atoms with Gasteiger partial charge in [-0.05, 0) is 74.8 Å². The minimum absolute atomic E-state index is 0.0173. The number of nitrogens with one attached hydrogen (secondary N) is 1. The van der Waals surface area contributed by atoms with Gasteiger partial charge in [-0.1, -0.05) is 32.2 Å². The van der Waals surface area contributed by atoms with E-state index in [4.69, 9.17) is 14.5 Å². The van der Waals surface area contributed by atoms with Crippen LogP contribution in [0.2, 0.25) is 0 Å². The van der Waals surface area contributed by atoms with Crippen LogP contribution in [0.5, 0.6) is 0 Å². The molecule has 0 saturated carbocycles. The Hall–Kier alpha value is -3.58. The average Bonchev–Trinajstić information content (AvgIpc) is 2.91. The number of nitrogens with zero attached hydrogens (tertiary/aromatic N) is 3. The van der Waals surface area contributed by atoms with Gasteiger partial charge in [0.15, 0.2) is 0 Å². The zero-order valence-corrected chi connectivity index (χ0v) is 22.4. The molecule has 37 heavy (non-hydrogen) atoms. The summed E-state index contributed by atoms with van der Waals surface area (Å²) in [5.41, 5.74) is 6.06. The first-order valence-electron chi connectivity index (χ1n) is 12.7. The Bertz CT molecular complexity index is 1170. The number of aliphatic imine (C=N–C) groups is 1. The van der Waals surface area contributed by atoms with E-state index in [9.17, 15) is 4.79 Å². The van der Waals surface area contributed by atoms with Crippen molar-refractivity contribution in [1.29, 1.82) is 0 Å². The van der Waals surface area contributed by atoms with E-state index >= 15 is 0 Å². The molecular weight excluding hydrogens is 464 g/mol. The highest BCUT2D eigenvalue weighted by atomic mass is 16.5. The fourth-order valence-electron chi connectivity index (χ4n) is 4.93. The minimum Gasteiger partial charge on any atom is -0.497 e. The molecule has 2 heterocycles. The number of methoxy groups -OCH3 is 1. The second-order valence-corrected chi connectivity index (χ2v) is 10.3. The van der Waals surface area contributed by atoms with Crippen molar-refractivity contribution in [3.05, 3.63) is 90.4 Å². The molecule has 2 aliphatic heterocycles. The number of carbonyl (C=O) groups is 1. The molecule has 7 nitrogen and oxygen atoms in total.